The average molecular weight is 413 g/mol. The summed E-state index contributed by atoms with van der Waals surface area (Å²) in [4.78, 5) is 30.5. The monoisotopic (exact) mass is 412 g/mol. The van der Waals surface area contributed by atoms with Crippen LogP contribution in [0.1, 0.15) is 74.1 Å². The summed E-state index contributed by atoms with van der Waals surface area (Å²) in [5.74, 6) is -0.481. The number of rotatable bonds is 7. The van der Waals surface area contributed by atoms with E-state index in [9.17, 15) is 19.9 Å². The van der Waals surface area contributed by atoms with Crippen molar-refractivity contribution in [3.8, 4) is 0 Å². The Bertz CT molecular complexity index is 688. The summed E-state index contributed by atoms with van der Waals surface area (Å²) < 4.78 is 5.25. The fraction of sp³-hybridized carbons (Fsp3) is 0.800. The Hall–Kier alpha value is -2.00. The Morgan fingerprint density at radius 1 is 1.07 bits per heavy atom. The van der Waals surface area contributed by atoms with Crippen LogP contribution in [-0.2, 0) is 11.2 Å². The molecule has 0 aliphatic carbocycles. The first-order chi connectivity index (χ1) is 13.1. The molecule has 9 nitrogen and oxygen atoms in total. The quantitative estimate of drug-likeness (QED) is 0.518. The van der Waals surface area contributed by atoms with E-state index in [1.165, 1.54) is 0 Å². The van der Waals surface area contributed by atoms with Gasteiger partial charge in [0, 0.05) is 13.0 Å². The van der Waals surface area contributed by atoms with Gasteiger partial charge >= 0.3 is 6.03 Å². The number of carbonyl (C=O) groups is 2. The van der Waals surface area contributed by atoms with E-state index in [1.807, 2.05) is 55.4 Å². The normalized spacial score (nSPS) is 13.5. The predicted molar refractivity (Wildman–Crippen MR) is 108 cm³/mol. The van der Waals surface area contributed by atoms with Gasteiger partial charge in [0.05, 0.1) is 0 Å². The lowest BCUT2D eigenvalue weighted by Crippen LogP contribution is -2.50. The molecular formula is C20H36N4O5. The second-order valence-electron chi connectivity index (χ2n) is 10.3. The first-order valence-electron chi connectivity index (χ1n) is 9.96. The number of aromatic nitrogens is 2. The maximum absolute atomic E-state index is 12.8. The predicted octanol–water partition coefficient (Wildman–Crippen LogP) is 3.65. The average Bonchev–Trinajstić information content (AvgIpc) is 3.00. The molecule has 0 radical (unpaired) electrons. The van der Waals surface area contributed by atoms with E-state index in [0.717, 1.165) is 4.90 Å². The molecule has 9 heteroatoms. The second-order valence-corrected chi connectivity index (χ2v) is 10.3. The van der Waals surface area contributed by atoms with Gasteiger partial charge in [-0.15, -0.1) is 5.06 Å². The van der Waals surface area contributed by atoms with Crippen LogP contribution in [0, 0.1) is 16.7 Å². The molecule has 166 valence electrons. The summed E-state index contributed by atoms with van der Waals surface area (Å²) in [6.45, 7) is 15.8. The summed E-state index contributed by atoms with van der Waals surface area (Å²) in [7, 11) is 0. The minimum absolute atomic E-state index is 0.0345. The zero-order valence-electron chi connectivity index (χ0n) is 18.9. The van der Waals surface area contributed by atoms with Crippen LogP contribution in [0.3, 0.4) is 0 Å². The largest absolute Gasteiger partial charge is 0.383 e. The van der Waals surface area contributed by atoms with Crippen molar-refractivity contribution in [1.29, 1.82) is 0 Å². The van der Waals surface area contributed by atoms with Gasteiger partial charge in [0.15, 0.2) is 0 Å². The molecule has 0 spiro atoms. The number of urea groups is 1. The van der Waals surface area contributed by atoms with Gasteiger partial charge in [-0.3, -0.25) is 14.9 Å². The Kier molecular flexibility index (Phi) is 8.35. The summed E-state index contributed by atoms with van der Waals surface area (Å²) in [5, 5.41) is 24.0. The highest BCUT2D eigenvalue weighted by Gasteiger charge is 2.35. The van der Waals surface area contributed by atoms with Gasteiger partial charge in [-0.2, -0.15) is 4.98 Å². The summed E-state index contributed by atoms with van der Waals surface area (Å²) in [5.41, 5.74) is -0.469. The highest BCUT2D eigenvalue weighted by Crippen LogP contribution is 2.24. The van der Waals surface area contributed by atoms with E-state index in [1.54, 1.807) is 0 Å². The number of hydrogen-bond acceptors (Lipinski definition) is 7. The van der Waals surface area contributed by atoms with Crippen LogP contribution < -0.4 is 4.90 Å². The Morgan fingerprint density at radius 3 is 2.14 bits per heavy atom. The minimum Gasteiger partial charge on any atom is -0.383 e. The molecule has 1 rings (SSSR count). The molecule has 0 aliphatic heterocycles. The molecule has 1 atom stereocenters. The van der Waals surface area contributed by atoms with Gasteiger partial charge in [0.25, 0.3) is 11.9 Å². The van der Waals surface area contributed by atoms with Crippen molar-refractivity contribution in [3.63, 3.8) is 0 Å². The molecule has 0 unspecified atom stereocenters. The van der Waals surface area contributed by atoms with Gasteiger partial charge in [-0.25, -0.2) is 4.79 Å². The molecule has 1 heterocycles. The van der Waals surface area contributed by atoms with Gasteiger partial charge in [-0.05, 0) is 34.7 Å². The third-order valence-corrected chi connectivity index (χ3v) is 3.94. The van der Waals surface area contributed by atoms with Gasteiger partial charge < -0.3 is 9.63 Å². The summed E-state index contributed by atoms with van der Waals surface area (Å²) >= 11 is 0. The van der Waals surface area contributed by atoms with Crippen LogP contribution in [0.15, 0.2) is 4.52 Å². The van der Waals surface area contributed by atoms with Crippen LogP contribution in [0.2, 0.25) is 0 Å². The molecular weight excluding hydrogens is 376 g/mol. The number of hydrogen-bond donors (Lipinski definition) is 2. The molecule has 0 saturated heterocycles. The topological polar surface area (TPSA) is 120 Å². The standard InChI is InChI=1S/C20H36N4O5/c1-13(2)9-10-14(25)16(26)24(28)18(27)23(12-20(6,7)8)17-21-15(29-22-17)11-19(3,4)5/h13-14,25,28H,9-12H2,1-8H3/t14-/m0/s1. The van der Waals surface area contributed by atoms with Crippen LogP contribution >= 0.6 is 0 Å². The Labute approximate surface area is 173 Å². The number of anilines is 1. The van der Waals surface area contributed by atoms with Crippen molar-refractivity contribution in [3.05, 3.63) is 5.89 Å². The third kappa shape index (κ3) is 8.49. The maximum atomic E-state index is 12.8. The van der Waals surface area contributed by atoms with Crippen molar-refractivity contribution in [2.24, 2.45) is 16.7 Å². The van der Waals surface area contributed by atoms with Crippen LogP contribution in [0.25, 0.3) is 0 Å². The second kappa shape index (κ2) is 9.67. The number of nitrogens with zero attached hydrogens (tertiary/aromatic N) is 4. The van der Waals surface area contributed by atoms with Crippen LogP contribution in [0.4, 0.5) is 10.7 Å². The summed E-state index contributed by atoms with van der Waals surface area (Å²) in [6, 6.07) is -1.03. The first kappa shape index (κ1) is 25.0. The Morgan fingerprint density at radius 2 is 1.66 bits per heavy atom. The number of amides is 3. The molecule has 29 heavy (non-hydrogen) atoms. The molecule has 1 aromatic rings. The fourth-order valence-corrected chi connectivity index (χ4v) is 2.54. The number of hydroxylamine groups is 2. The molecule has 0 fully saturated rings. The molecule has 0 aromatic carbocycles. The minimum atomic E-state index is -1.47. The maximum Gasteiger partial charge on any atom is 0.358 e. The smallest absolute Gasteiger partial charge is 0.358 e. The first-order valence-corrected chi connectivity index (χ1v) is 9.96. The van der Waals surface area contributed by atoms with Crippen molar-refractivity contribution in [1.82, 2.24) is 15.2 Å². The zero-order valence-corrected chi connectivity index (χ0v) is 18.9. The molecule has 1 aromatic heterocycles. The van der Waals surface area contributed by atoms with E-state index in [2.05, 4.69) is 10.1 Å². The molecule has 0 aliphatic rings. The molecule has 0 bridgehead atoms. The summed E-state index contributed by atoms with van der Waals surface area (Å²) in [6.07, 6.45) is -0.225. The van der Waals surface area contributed by atoms with Crippen molar-refractivity contribution >= 4 is 17.9 Å². The van der Waals surface area contributed by atoms with E-state index in [0.29, 0.717) is 18.7 Å². The lowest BCUT2D eigenvalue weighted by molar-refractivity contribution is -0.162. The van der Waals surface area contributed by atoms with Crippen molar-refractivity contribution in [2.75, 3.05) is 11.4 Å². The highest BCUT2D eigenvalue weighted by atomic mass is 16.5. The van der Waals surface area contributed by atoms with E-state index < -0.39 is 18.0 Å². The van der Waals surface area contributed by atoms with E-state index in [-0.39, 0.29) is 40.7 Å². The SMILES string of the molecule is CC(C)CC[C@H](O)C(=O)N(O)C(=O)N(CC(C)(C)C)c1noc(CC(C)(C)C)n1. The highest BCUT2D eigenvalue weighted by molar-refractivity contribution is 6.01. The number of aliphatic hydroxyl groups is 1. The van der Waals surface area contributed by atoms with E-state index in [4.69, 9.17) is 4.52 Å². The van der Waals surface area contributed by atoms with Crippen molar-refractivity contribution in [2.45, 2.75) is 80.8 Å². The fourth-order valence-electron chi connectivity index (χ4n) is 2.54. The van der Waals surface area contributed by atoms with Crippen LogP contribution in [0.5, 0.6) is 0 Å². The third-order valence-electron chi connectivity index (χ3n) is 3.94. The molecule has 2 N–H and O–H groups in total. The van der Waals surface area contributed by atoms with Gasteiger partial charge in [0.1, 0.15) is 6.10 Å². The zero-order chi connectivity index (χ0) is 22.6. The Balaban J connectivity index is 3.05. The lowest BCUT2D eigenvalue weighted by Gasteiger charge is -2.29. The van der Waals surface area contributed by atoms with E-state index >= 15 is 0 Å². The molecule has 3 amide bonds. The number of imide groups is 1. The number of aliphatic hydroxyl groups excluding tert-OH is 1. The van der Waals surface area contributed by atoms with Gasteiger partial charge in [-0.1, -0.05) is 55.4 Å². The molecule has 0 saturated carbocycles. The number of carbonyl (C=O) groups excluding carboxylic acids is 2. The van der Waals surface area contributed by atoms with Crippen LogP contribution in [-0.4, -0.2) is 50.1 Å². The van der Waals surface area contributed by atoms with Crippen molar-refractivity contribution < 1.29 is 24.4 Å². The van der Waals surface area contributed by atoms with Gasteiger partial charge in [0.2, 0.25) is 5.89 Å². The lowest BCUT2D eigenvalue weighted by atomic mass is 9.92.